The molecular formula is C17H18N6O4S2. The minimum Gasteiger partial charge on any atom is -0.477 e. The number of carboxylic acid groups (broad SMARTS) is 1. The normalized spacial score (nSPS) is 11.3. The number of carbonyl (C=O) groups is 1. The van der Waals surface area contributed by atoms with Crippen LogP contribution < -0.4 is 15.8 Å². The average molecular weight is 435 g/mol. The van der Waals surface area contributed by atoms with Crippen LogP contribution in [0.2, 0.25) is 0 Å². The first kappa shape index (κ1) is 20.6. The van der Waals surface area contributed by atoms with E-state index in [-0.39, 0.29) is 15.7 Å². The zero-order valence-corrected chi connectivity index (χ0v) is 17.1. The lowest BCUT2D eigenvalue weighted by atomic mass is 10.2. The van der Waals surface area contributed by atoms with E-state index in [4.69, 9.17) is 10.2 Å². The summed E-state index contributed by atoms with van der Waals surface area (Å²) in [4.78, 5) is 24.2. The van der Waals surface area contributed by atoms with Crippen molar-refractivity contribution in [2.75, 3.05) is 10.6 Å². The third kappa shape index (κ3) is 5.25. The van der Waals surface area contributed by atoms with E-state index in [1.165, 1.54) is 12.1 Å². The summed E-state index contributed by atoms with van der Waals surface area (Å²) in [6.07, 6.45) is 0. The average Bonchev–Trinajstić information content (AvgIpc) is 2.99. The Morgan fingerprint density at radius 2 is 1.86 bits per heavy atom. The van der Waals surface area contributed by atoms with Gasteiger partial charge in [0.1, 0.15) is 10.7 Å². The van der Waals surface area contributed by atoms with E-state index in [0.29, 0.717) is 28.9 Å². The molecule has 0 radical (unpaired) electrons. The number of rotatable bonds is 7. The van der Waals surface area contributed by atoms with Gasteiger partial charge >= 0.3 is 5.97 Å². The highest BCUT2D eigenvalue weighted by Crippen LogP contribution is 2.25. The Labute approximate surface area is 170 Å². The number of nitrogens with zero attached hydrogens (tertiary/aromatic N) is 3. The van der Waals surface area contributed by atoms with Crippen molar-refractivity contribution in [2.45, 2.75) is 25.3 Å². The Bertz CT molecular complexity index is 1160. The minimum atomic E-state index is -3.73. The number of hydrogen-bond donors (Lipinski definition) is 4. The smallest absolute Gasteiger partial charge is 0.347 e. The summed E-state index contributed by atoms with van der Waals surface area (Å²) in [6, 6.07) is 7.95. The molecule has 12 heteroatoms. The van der Waals surface area contributed by atoms with E-state index >= 15 is 0 Å². The van der Waals surface area contributed by atoms with Gasteiger partial charge in [0.05, 0.1) is 10.6 Å². The lowest BCUT2D eigenvalue weighted by Gasteiger charge is -2.09. The van der Waals surface area contributed by atoms with E-state index in [2.05, 4.69) is 25.6 Å². The maximum atomic E-state index is 11.3. The number of carboxylic acids is 1. The summed E-state index contributed by atoms with van der Waals surface area (Å²) in [7, 11) is -3.73. The molecule has 0 amide bonds. The molecule has 0 unspecified atom stereocenters. The summed E-state index contributed by atoms with van der Waals surface area (Å²) < 4.78 is 22.6. The van der Waals surface area contributed by atoms with Gasteiger partial charge in [-0.15, -0.1) is 0 Å². The van der Waals surface area contributed by atoms with Crippen LogP contribution in [0.25, 0.3) is 0 Å². The highest BCUT2D eigenvalue weighted by atomic mass is 32.2. The fourth-order valence-electron chi connectivity index (χ4n) is 2.45. The summed E-state index contributed by atoms with van der Waals surface area (Å²) >= 11 is 1.01. The lowest BCUT2D eigenvalue weighted by Crippen LogP contribution is -2.12. The maximum absolute atomic E-state index is 11.3. The van der Waals surface area contributed by atoms with Crippen molar-refractivity contribution in [3.63, 3.8) is 0 Å². The van der Waals surface area contributed by atoms with Crippen LogP contribution in [0.3, 0.4) is 0 Å². The monoisotopic (exact) mass is 434 g/mol. The van der Waals surface area contributed by atoms with Gasteiger partial charge in [-0.3, -0.25) is 5.32 Å². The molecule has 2 heterocycles. The number of sulfonamides is 1. The van der Waals surface area contributed by atoms with Crippen molar-refractivity contribution < 1.29 is 18.3 Å². The molecule has 1 aromatic carbocycles. The van der Waals surface area contributed by atoms with Crippen molar-refractivity contribution in [3.8, 4) is 0 Å². The van der Waals surface area contributed by atoms with Crippen molar-refractivity contribution in [3.05, 3.63) is 52.2 Å². The molecule has 0 aliphatic heterocycles. The number of hydrogen-bond acceptors (Lipinski definition) is 9. The van der Waals surface area contributed by atoms with Gasteiger partial charge in [0.2, 0.25) is 16.0 Å². The summed E-state index contributed by atoms with van der Waals surface area (Å²) in [6.45, 7) is 3.82. The second-order valence-electron chi connectivity index (χ2n) is 6.12. The van der Waals surface area contributed by atoms with Crippen LogP contribution in [-0.4, -0.2) is 34.4 Å². The number of benzene rings is 1. The van der Waals surface area contributed by atoms with E-state index in [1.807, 2.05) is 0 Å². The zero-order valence-electron chi connectivity index (χ0n) is 15.5. The molecule has 0 aliphatic rings. The topological polar surface area (TPSA) is 160 Å². The molecule has 5 N–H and O–H groups in total. The Balaban J connectivity index is 1.72. The second-order valence-corrected chi connectivity index (χ2v) is 8.68. The first-order valence-electron chi connectivity index (χ1n) is 8.31. The van der Waals surface area contributed by atoms with Crippen molar-refractivity contribution in [1.29, 1.82) is 0 Å². The molecule has 3 rings (SSSR count). The van der Waals surface area contributed by atoms with Gasteiger partial charge in [-0.25, -0.2) is 28.3 Å². The number of aryl methyl sites for hydroxylation is 2. The van der Waals surface area contributed by atoms with Crippen LogP contribution in [0.4, 0.5) is 16.9 Å². The van der Waals surface area contributed by atoms with E-state index in [0.717, 1.165) is 16.9 Å². The number of aromatic carboxylic acids is 1. The number of primary sulfonamides is 1. The van der Waals surface area contributed by atoms with Crippen molar-refractivity contribution in [2.24, 2.45) is 5.14 Å². The van der Waals surface area contributed by atoms with Crippen LogP contribution in [0.1, 0.15) is 26.6 Å². The summed E-state index contributed by atoms with van der Waals surface area (Å²) in [5.41, 5.74) is 1.95. The van der Waals surface area contributed by atoms with Crippen LogP contribution in [0.15, 0.2) is 35.2 Å². The van der Waals surface area contributed by atoms with Crippen molar-refractivity contribution >= 4 is 44.2 Å². The number of nitrogens with two attached hydrogens (primary N) is 1. The number of aromatic nitrogens is 3. The van der Waals surface area contributed by atoms with Gasteiger partial charge in [-0.1, -0.05) is 23.5 Å². The highest BCUT2D eigenvalue weighted by molar-refractivity contribution is 7.89. The SMILES string of the molecule is Cc1cc(NCc2ccc(S(N)(=O)=O)cc2)nc(Nc2nc(C)c(C(=O)O)s2)n1. The molecule has 0 saturated heterocycles. The van der Waals surface area contributed by atoms with Gasteiger partial charge in [0.25, 0.3) is 0 Å². The fourth-order valence-corrected chi connectivity index (χ4v) is 3.76. The van der Waals surface area contributed by atoms with E-state index < -0.39 is 16.0 Å². The molecule has 3 aromatic rings. The van der Waals surface area contributed by atoms with Crippen LogP contribution in [-0.2, 0) is 16.6 Å². The molecular weight excluding hydrogens is 416 g/mol. The Morgan fingerprint density at radius 1 is 1.17 bits per heavy atom. The van der Waals surface area contributed by atoms with Crippen molar-refractivity contribution in [1.82, 2.24) is 15.0 Å². The van der Waals surface area contributed by atoms with Gasteiger partial charge in [-0.05, 0) is 31.5 Å². The molecule has 152 valence electrons. The maximum Gasteiger partial charge on any atom is 0.347 e. The lowest BCUT2D eigenvalue weighted by molar-refractivity contribution is 0.0701. The predicted octanol–water partition coefficient (Wildman–Crippen LogP) is 2.25. The third-order valence-electron chi connectivity index (χ3n) is 3.79. The van der Waals surface area contributed by atoms with E-state index in [1.54, 1.807) is 32.0 Å². The minimum absolute atomic E-state index is 0.0464. The third-order valence-corrected chi connectivity index (χ3v) is 5.78. The Hall–Kier alpha value is -3.09. The molecule has 29 heavy (non-hydrogen) atoms. The van der Waals surface area contributed by atoms with Gasteiger partial charge in [0.15, 0.2) is 5.13 Å². The summed E-state index contributed by atoms with van der Waals surface area (Å²) in [5, 5.41) is 20.7. The number of nitrogens with one attached hydrogen (secondary N) is 2. The van der Waals surface area contributed by atoms with Gasteiger partial charge in [-0.2, -0.15) is 4.98 Å². The first-order valence-corrected chi connectivity index (χ1v) is 10.7. The molecule has 10 nitrogen and oxygen atoms in total. The number of thiazole rings is 1. The largest absolute Gasteiger partial charge is 0.477 e. The van der Waals surface area contributed by atoms with Gasteiger partial charge < -0.3 is 10.4 Å². The van der Waals surface area contributed by atoms with Crippen LogP contribution in [0, 0.1) is 13.8 Å². The molecule has 0 saturated carbocycles. The van der Waals surface area contributed by atoms with Gasteiger partial charge in [0, 0.05) is 18.3 Å². The highest BCUT2D eigenvalue weighted by Gasteiger charge is 2.15. The molecule has 0 fully saturated rings. The molecule has 0 bridgehead atoms. The standard InChI is InChI=1S/C17H18N6O4S2/c1-9-7-13(19-8-11-3-5-12(6-4-11)29(18,26)27)22-16(20-9)23-17-21-10(2)14(28-17)15(24)25/h3-7H,8H2,1-2H3,(H,24,25)(H2,18,26,27)(H2,19,20,21,22,23). The summed E-state index contributed by atoms with van der Waals surface area (Å²) in [5.74, 6) is -0.209. The number of anilines is 3. The molecule has 2 aromatic heterocycles. The zero-order chi connectivity index (χ0) is 21.2. The Morgan fingerprint density at radius 3 is 2.45 bits per heavy atom. The predicted molar refractivity (Wildman–Crippen MR) is 109 cm³/mol. The second kappa shape index (κ2) is 8.11. The first-order chi connectivity index (χ1) is 13.6. The molecule has 0 aliphatic carbocycles. The molecule has 0 spiro atoms. The fraction of sp³-hybridized carbons (Fsp3) is 0.176. The molecule has 0 atom stereocenters. The van der Waals surface area contributed by atoms with Crippen LogP contribution >= 0.6 is 11.3 Å². The quantitative estimate of drug-likeness (QED) is 0.437. The van der Waals surface area contributed by atoms with Crippen LogP contribution in [0.5, 0.6) is 0 Å². The Kier molecular flexibility index (Phi) is 5.77. The van der Waals surface area contributed by atoms with E-state index in [9.17, 15) is 13.2 Å².